The molecular weight excluding hydrogens is 675 g/mol. The normalized spacial score (nSPS) is 25.8. The van der Waals surface area contributed by atoms with Gasteiger partial charge in [0.15, 0.2) is 0 Å². The molecule has 0 aromatic heterocycles. The molecule has 0 spiro atoms. The van der Waals surface area contributed by atoms with Crippen molar-refractivity contribution in [3.05, 3.63) is 88.5 Å². The first-order valence-corrected chi connectivity index (χ1v) is 20.8. The summed E-state index contributed by atoms with van der Waals surface area (Å²) in [6.45, 7) is 7.76. The fraction of sp³-hybridized carbons (Fsp3) is 0.533. The van der Waals surface area contributed by atoms with Crippen LogP contribution in [0.25, 0.3) is 0 Å². The number of piperazine rings is 1. The van der Waals surface area contributed by atoms with Crippen LogP contribution in [0.2, 0.25) is 0 Å². The van der Waals surface area contributed by atoms with Crippen LogP contribution in [0.15, 0.2) is 60.7 Å². The number of anilines is 2. The Kier molecular flexibility index (Phi) is 9.85. The number of phenolic OH excluding ortho intramolecular Hbond substituents is 1. The number of benzene rings is 3. The van der Waals surface area contributed by atoms with E-state index in [4.69, 9.17) is 0 Å². The van der Waals surface area contributed by atoms with Crippen LogP contribution in [-0.4, -0.2) is 84.5 Å². The number of hydrogen-bond donors (Lipinski definition) is 2. The molecule has 2 aliphatic carbocycles. The number of amides is 3. The summed E-state index contributed by atoms with van der Waals surface area (Å²) in [7, 11) is 0. The predicted molar refractivity (Wildman–Crippen MR) is 211 cm³/mol. The summed E-state index contributed by atoms with van der Waals surface area (Å²) in [5.41, 5.74) is 8.34. The molecule has 54 heavy (non-hydrogen) atoms. The third-order valence-corrected chi connectivity index (χ3v) is 13.9. The lowest BCUT2D eigenvalue weighted by Crippen LogP contribution is -2.52. The molecule has 3 amide bonds. The Morgan fingerprint density at radius 1 is 0.685 bits per heavy atom. The number of nitrogens with zero attached hydrogens (tertiary/aromatic N) is 4. The van der Waals surface area contributed by atoms with Crippen LogP contribution in [0.4, 0.5) is 11.4 Å². The van der Waals surface area contributed by atoms with E-state index in [0.717, 1.165) is 69.4 Å². The van der Waals surface area contributed by atoms with Crippen molar-refractivity contribution < 1.29 is 19.5 Å². The van der Waals surface area contributed by atoms with Gasteiger partial charge in [0, 0.05) is 81.6 Å². The van der Waals surface area contributed by atoms with Crippen molar-refractivity contribution in [2.75, 3.05) is 55.6 Å². The molecule has 3 aromatic carbocycles. The zero-order valence-corrected chi connectivity index (χ0v) is 31.6. The second kappa shape index (κ2) is 15.0. The SMILES string of the molecule is O=C1CC[C@H](N2Cc3cc(N4CCN(CC5CCN(c6ccc([C@@H]7c8ccc(O)cc8CC[C@@H]7C7CCCCC7)cc6)CC5)CC4)ccc3C2=O)C(=O)N1. The maximum Gasteiger partial charge on any atom is 0.255 e. The zero-order valence-electron chi connectivity index (χ0n) is 31.6. The van der Waals surface area contributed by atoms with Gasteiger partial charge in [-0.05, 0) is 115 Å². The van der Waals surface area contributed by atoms with Crippen molar-refractivity contribution in [3.63, 3.8) is 0 Å². The van der Waals surface area contributed by atoms with Gasteiger partial charge in [-0.3, -0.25) is 24.6 Å². The van der Waals surface area contributed by atoms with Gasteiger partial charge in [0.05, 0.1) is 0 Å². The molecule has 284 valence electrons. The van der Waals surface area contributed by atoms with E-state index in [1.54, 1.807) is 4.90 Å². The van der Waals surface area contributed by atoms with Crippen molar-refractivity contribution in [1.82, 2.24) is 15.1 Å². The first-order valence-electron chi connectivity index (χ1n) is 20.8. The molecule has 4 aliphatic heterocycles. The lowest BCUT2D eigenvalue weighted by atomic mass is 9.64. The minimum Gasteiger partial charge on any atom is -0.508 e. The minimum absolute atomic E-state index is 0.116. The highest BCUT2D eigenvalue weighted by Crippen LogP contribution is 2.48. The van der Waals surface area contributed by atoms with Crippen molar-refractivity contribution in [1.29, 1.82) is 0 Å². The Morgan fingerprint density at radius 2 is 1.43 bits per heavy atom. The van der Waals surface area contributed by atoms with Gasteiger partial charge in [-0.1, -0.05) is 50.3 Å². The van der Waals surface area contributed by atoms with Crippen molar-refractivity contribution >= 4 is 29.1 Å². The van der Waals surface area contributed by atoms with E-state index < -0.39 is 6.04 Å². The van der Waals surface area contributed by atoms with Gasteiger partial charge in [-0.15, -0.1) is 0 Å². The third-order valence-electron chi connectivity index (χ3n) is 13.9. The Morgan fingerprint density at radius 3 is 2.19 bits per heavy atom. The lowest BCUT2D eigenvalue weighted by molar-refractivity contribution is -0.136. The fourth-order valence-corrected chi connectivity index (χ4v) is 10.9. The van der Waals surface area contributed by atoms with E-state index in [0.29, 0.717) is 42.0 Å². The number of phenols is 1. The first kappa shape index (κ1) is 35.3. The number of piperidine rings is 2. The second-order valence-corrected chi connectivity index (χ2v) is 17.0. The summed E-state index contributed by atoms with van der Waals surface area (Å²) in [5, 5.41) is 12.6. The summed E-state index contributed by atoms with van der Waals surface area (Å²) in [4.78, 5) is 46.5. The van der Waals surface area contributed by atoms with Gasteiger partial charge >= 0.3 is 0 Å². The third kappa shape index (κ3) is 7.00. The standard InChI is InChI=1S/C45H55N5O4/c51-37-12-15-39-33(27-37)8-13-38(31-4-2-1-3-5-31)43(39)32-6-9-35(10-7-32)48-20-18-30(19-21-48)28-47-22-24-49(25-23-47)36-11-14-40-34(26-36)29-50(45(40)54)41-16-17-42(52)46-44(41)53/h6-7,9-12,14-15,26-27,30-31,38,41,43,51H,1-5,8,13,16-25,28-29H2,(H,46,52,53)/t38-,41+,43+/m1/s1. The average molecular weight is 730 g/mol. The largest absolute Gasteiger partial charge is 0.508 e. The van der Waals surface area contributed by atoms with Crippen LogP contribution in [0.5, 0.6) is 5.75 Å². The number of fused-ring (bicyclic) bond motifs is 2. The Balaban J connectivity index is 0.773. The molecule has 3 saturated heterocycles. The van der Waals surface area contributed by atoms with E-state index in [1.165, 1.54) is 73.7 Å². The van der Waals surface area contributed by atoms with Gasteiger partial charge in [0.25, 0.3) is 5.91 Å². The van der Waals surface area contributed by atoms with Crippen molar-refractivity contribution in [2.45, 2.75) is 89.1 Å². The molecule has 9 heteroatoms. The van der Waals surface area contributed by atoms with Crippen LogP contribution < -0.4 is 15.1 Å². The summed E-state index contributed by atoms with van der Waals surface area (Å²) in [5.74, 6) is 2.26. The van der Waals surface area contributed by atoms with Crippen LogP contribution in [0.1, 0.15) is 103 Å². The molecule has 1 saturated carbocycles. The summed E-state index contributed by atoms with van der Waals surface area (Å²) >= 11 is 0. The van der Waals surface area contributed by atoms with Gasteiger partial charge in [-0.25, -0.2) is 0 Å². The van der Waals surface area contributed by atoms with E-state index in [-0.39, 0.29) is 24.1 Å². The van der Waals surface area contributed by atoms with Gasteiger partial charge in [-0.2, -0.15) is 0 Å². The number of carbonyl (C=O) groups excluding carboxylic acids is 3. The molecule has 0 bridgehead atoms. The average Bonchev–Trinajstić information content (AvgIpc) is 3.53. The van der Waals surface area contributed by atoms with Crippen molar-refractivity contribution in [3.8, 4) is 5.75 Å². The first-order chi connectivity index (χ1) is 26.4. The molecule has 4 heterocycles. The quantitative estimate of drug-likeness (QED) is 0.270. The minimum atomic E-state index is -0.580. The maximum absolute atomic E-state index is 13.2. The Labute approximate surface area is 319 Å². The highest BCUT2D eigenvalue weighted by molar-refractivity contribution is 6.05. The molecule has 9 nitrogen and oxygen atoms in total. The van der Waals surface area contributed by atoms with E-state index in [2.05, 4.69) is 62.5 Å². The fourth-order valence-electron chi connectivity index (χ4n) is 10.9. The van der Waals surface area contributed by atoms with E-state index in [1.807, 2.05) is 18.2 Å². The van der Waals surface area contributed by atoms with E-state index in [9.17, 15) is 19.5 Å². The number of hydrogen-bond acceptors (Lipinski definition) is 7. The van der Waals surface area contributed by atoms with E-state index >= 15 is 0 Å². The van der Waals surface area contributed by atoms with Gasteiger partial charge < -0.3 is 19.8 Å². The summed E-state index contributed by atoms with van der Waals surface area (Å²) in [6, 6.07) is 21.2. The molecule has 6 aliphatic rings. The molecule has 3 atom stereocenters. The van der Waals surface area contributed by atoms with Crippen LogP contribution in [-0.2, 0) is 22.6 Å². The number of nitrogens with one attached hydrogen (secondary N) is 1. The topological polar surface area (TPSA) is 96.4 Å². The number of aryl methyl sites for hydroxylation is 1. The van der Waals surface area contributed by atoms with Crippen molar-refractivity contribution in [2.24, 2.45) is 17.8 Å². The summed E-state index contributed by atoms with van der Waals surface area (Å²) in [6.07, 6.45) is 12.2. The van der Waals surface area contributed by atoms with Crippen LogP contribution in [0, 0.1) is 17.8 Å². The van der Waals surface area contributed by atoms with Gasteiger partial charge in [0.2, 0.25) is 11.8 Å². The highest BCUT2D eigenvalue weighted by atomic mass is 16.3. The number of imide groups is 1. The molecule has 0 unspecified atom stereocenters. The molecule has 9 rings (SSSR count). The molecule has 0 radical (unpaired) electrons. The highest BCUT2D eigenvalue weighted by Gasteiger charge is 2.40. The number of carbonyl (C=O) groups is 3. The second-order valence-electron chi connectivity index (χ2n) is 17.0. The predicted octanol–water partition coefficient (Wildman–Crippen LogP) is 6.47. The van der Waals surface area contributed by atoms with Crippen LogP contribution >= 0.6 is 0 Å². The number of rotatable bonds is 7. The van der Waals surface area contributed by atoms with Gasteiger partial charge in [0.1, 0.15) is 11.8 Å². The summed E-state index contributed by atoms with van der Waals surface area (Å²) < 4.78 is 0. The molecule has 2 N–H and O–H groups in total. The number of aromatic hydroxyl groups is 1. The zero-order chi connectivity index (χ0) is 36.8. The Hall–Kier alpha value is -4.37. The molecular formula is C45H55N5O4. The maximum atomic E-state index is 13.2. The molecule has 4 fully saturated rings. The van der Waals surface area contributed by atoms with Crippen LogP contribution in [0.3, 0.4) is 0 Å². The smallest absolute Gasteiger partial charge is 0.255 e. The Bertz CT molecular complexity index is 1870. The lowest BCUT2D eigenvalue weighted by Gasteiger charge is -2.41. The molecule has 3 aromatic rings. The monoisotopic (exact) mass is 729 g/mol.